The Balaban J connectivity index is 1.04. The molecule has 0 radical (unpaired) electrons. The van der Waals surface area contributed by atoms with Gasteiger partial charge in [0.2, 0.25) is 0 Å². The molecule has 0 aromatic carbocycles. The van der Waals surface area contributed by atoms with E-state index in [4.69, 9.17) is 18.9 Å². The van der Waals surface area contributed by atoms with Gasteiger partial charge in [-0.05, 0) is 25.9 Å². The van der Waals surface area contributed by atoms with Crippen molar-refractivity contribution in [2.75, 3.05) is 65.7 Å². The van der Waals surface area contributed by atoms with Crippen molar-refractivity contribution in [1.82, 2.24) is 9.80 Å². The molecular weight excluding hydrogens is 308 g/mol. The first kappa shape index (κ1) is 17.2. The number of rotatable bonds is 15. The highest BCUT2D eigenvalue weighted by Gasteiger charge is 2.31. The molecule has 0 N–H and O–H groups in total. The lowest BCUT2D eigenvalue weighted by Crippen LogP contribution is -2.33. The molecule has 0 spiro atoms. The van der Waals surface area contributed by atoms with Gasteiger partial charge >= 0.3 is 0 Å². The predicted molar refractivity (Wildman–Crippen MR) is 90.3 cm³/mol. The molecule has 6 heteroatoms. The van der Waals surface area contributed by atoms with Crippen LogP contribution >= 0.6 is 0 Å². The lowest BCUT2D eigenvalue weighted by Gasteiger charge is -2.21. The van der Waals surface area contributed by atoms with Gasteiger partial charge in [-0.25, -0.2) is 0 Å². The second kappa shape index (κ2) is 8.43. The fraction of sp³-hybridized carbons (Fsp3) is 1.00. The zero-order valence-corrected chi connectivity index (χ0v) is 14.7. The number of unbranched alkanes of at least 4 members (excludes halogenated alkanes) is 3. The molecule has 4 fully saturated rings. The van der Waals surface area contributed by atoms with Crippen LogP contribution in [0.3, 0.4) is 0 Å². The number of hydrogen-bond acceptors (Lipinski definition) is 6. The lowest BCUT2D eigenvalue weighted by molar-refractivity contribution is 0.209. The maximum atomic E-state index is 5.38. The molecule has 4 aliphatic heterocycles. The van der Waals surface area contributed by atoms with Gasteiger partial charge in [0.25, 0.3) is 0 Å². The van der Waals surface area contributed by atoms with Gasteiger partial charge in [-0.3, -0.25) is 9.80 Å². The second-order valence-electron chi connectivity index (χ2n) is 7.75. The number of nitrogens with zero attached hydrogens (tertiary/aromatic N) is 2. The van der Waals surface area contributed by atoms with Gasteiger partial charge in [0, 0.05) is 26.2 Å². The summed E-state index contributed by atoms with van der Waals surface area (Å²) in [6.07, 6.45) is 7.19. The van der Waals surface area contributed by atoms with Crippen molar-refractivity contribution in [2.24, 2.45) is 0 Å². The van der Waals surface area contributed by atoms with Gasteiger partial charge in [-0.15, -0.1) is 0 Å². The van der Waals surface area contributed by atoms with Crippen LogP contribution in [0, 0.1) is 0 Å². The summed E-state index contributed by atoms with van der Waals surface area (Å²) in [4.78, 5) is 5.08. The van der Waals surface area contributed by atoms with Crippen molar-refractivity contribution in [1.29, 1.82) is 0 Å². The van der Waals surface area contributed by atoms with Crippen LogP contribution < -0.4 is 0 Å². The van der Waals surface area contributed by atoms with Crippen LogP contribution in [0.15, 0.2) is 0 Å². The van der Waals surface area contributed by atoms with E-state index in [9.17, 15) is 0 Å². The van der Waals surface area contributed by atoms with Crippen LogP contribution in [-0.4, -0.2) is 99.9 Å². The van der Waals surface area contributed by atoms with Gasteiger partial charge in [-0.1, -0.05) is 12.8 Å². The summed E-state index contributed by atoms with van der Waals surface area (Å²) in [5.74, 6) is 0. The van der Waals surface area contributed by atoms with Gasteiger partial charge in [0.05, 0.1) is 50.8 Å². The molecule has 4 heterocycles. The second-order valence-corrected chi connectivity index (χ2v) is 7.75. The molecule has 4 atom stereocenters. The molecule has 24 heavy (non-hydrogen) atoms. The van der Waals surface area contributed by atoms with Gasteiger partial charge in [0.15, 0.2) is 0 Å². The zero-order valence-electron chi connectivity index (χ0n) is 14.7. The Labute approximate surface area is 145 Å². The number of epoxide rings is 4. The number of hydrogen-bond donors (Lipinski definition) is 0. The minimum Gasteiger partial charge on any atom is -0.372 e. The lowest BCUT2D eigenvalue weighted by atomic mass is 10.1. The van der Waals surface area contributed by atoms with E-state index in [1.54, 1.807) is 0 Å². The molecule has 4 unspecified atom stereocenters. The molecule has 0 bridgehead atoms. The topological polar surface area (TPSA) is 56.6 Å². The predicted octanol–water partition coefficient (Wildman–Crippen LogP) is 0.746. The van der Waals surface area contributed by atoms with Crippen molar-refractivity contribution in [3.63, 3.8) is 0 Å². The Morgan fingerprint density at radius 3 is 1.04 bits per heavy atom. The summed E-state index contributed by atoms with van der Waals surface area (Å²) in [7, 11) is 0. The molecule has 4 rings (SSSR count). The Morgan fingerprint density at radius 1 is 0.500 bits per heavy atom. The van der Waals surface area contributed by atoms with Crippen LogP contribution in [0.1, 0.15) is 25.7 Å². The normalized spacial score (nSPS) is 33.2. The van der Waals surface area contributed by atoms with E-state index >= 15 is 0 Å². The van der Waals surface area contributed by atoms with E-state index in [1.807, 2.05) is 0 Å². The highest BCUT2D eigenvalue weighted by Crippen LogP contribution is 2.18. The van der Waals surface area contributed by atoms with Crippen LogP contribution in [-0.2, 0) is 18.9 Å². The Hall–Kier alpha value is -0.240. The standard InChI is InChI=1S/C18H32N2O4/c1(3-5-19(7-15-11-21-15)8-16-12-22-16)2-4-6-20(9-17-13-23-17)10-18-14-24-18/h15-18H,1-14H2. The fourth-order valence-electron chi connectivity index (χ4n) is 3.38. The van der Waals surface area contributed by atoms with E-state index in [0.717, 1.165) is 52.6 Å². The first-order valence-corrected chi connectivity index (χ1v) is 9.76. The van der Waals surface area contributed by atoms with Gasteiger partial charge in [0.1, 0.15) is 0 Å². The van der Waals surface area contributed by atoms with Crippen molar-refractivity contribution in [3.8, 4) is 0 Å². The summed E-state index contributed by atoms with van der Waals surface area (Å²) in [6, 6.07) is 0. The van der Waals surface area contributed by atoms with Crippen LogP contribution in [0.5, 0.6) is 0 Å². The molecule has 0 aromatic rings. The average molecular weight is 340 g/mol. The third kappa shape index (κ3) is 6.94. The summed E-state index contributed by atoms with van der Waals surface area (Å²) >= 11 is 0. The summed E-state index contributed by atoms with van der Waals surface area (Å²) in [5.41, 5.74) is 0. The zero-order chi connectivity index (χ0) is 16.2. The Kier molecular flexibility index (Phi) is 6.04. The molecule has 0 saturated carbocycles. The minimum atomic E-state index is 0.492. The quantitative estimate of drug-likeness (QED) is 0.324. The molecule has 0 aliphatic carbocycles. The molecule has 138 valence electrons. The molecular formula is C18H32N2O4. The summed E-state index contributed by atoms with van der Waals surface area (Å²) < 4.78 is 21.5. The SMILES string of the molecule is C(CCCN(CC1CO1)CC1CO1)CCN(CC1CO1)CC1CO1. The molecule has 4 aliphatic rings. The molecule has 6 nitrogen and oxygen atoms in total. The largest absolute Gasteiger partial charge is 0.372 e. The first-order valence-electron chi connectivity index (χ1n) is 9.76. The first-order chi connectivity index (χ1) is 11.8. The average Bonchev–Trinajstić information content (AvgIpc) is 3.41. The molecule has 0 amide bonds. The van der Waals surface area contributed by atoms with E-state index in [2.05, 4.69) is 9.80 Å². The Bertz CT molecular complexity index is 317. The van der Waals surface area contributed by atoms with Crippen molar-refractivity contribution < 1.29 is 18.9 Å². The maximum absolute atomic E-state index is 5.38. The highest BCUT2D eigenvalue weighted by atomic mass is 16.6. The molecule has 4 saturated heterocycles. The monoisotopic (exact) mass is 340 g/mol. The van der Waals surface area contributed by atoms with Crippen LogP contribution in [0.4, 0.5) is 0 Å². The van der Waals surface area contributed by atoms with Crippen molar-refractivity contribution >= 4 is 0 Å². The fourth-order valence-corrected chi connectivity index (χ4v) is 3.38. The van der Waals surface area contributed by atoms with E-state index in [1.165, 1.54) is 38.8 Å². The molecule has 0 aromatic heterocycles. The maximum Gasteiger partial charge on any atom is 0.0936 e. The third-order valence-electron chi connectivity index (χ3n) is 5.16. The van der Waals surface area contributed by atoms with Crippen molar-refractivity contribution in [2.45, 2.75) is 50.1 Å². The summed E-state index contributed by atoms with van der Waals surface area (Å²) in [5, 5.41) is 0. The van der Waals surface area contributed by atoms with Crippen LogP contribution in [0.2, 0.25) is 0 Å². The minimum absolute atomic E-state index is 0.492. The smallest absolute Gasteiger partial charge is 0.0936 e. The highest BCUT2D eigenvalue weighted by molar-refractivity contribution is 4.81. The Morgan fingerprint density at radius 2 is 0.792 bits per heavy atom. The van der Waals surface area contributed by atoms with Gasteiger partial charge in [-0.2, -0.15) is 0 Å². The summed E-state index contributed by atoms with van der Waals surface area (Å²) in [6.45, 7) is 10.6. The van der Waals surface area contributed by atoms with E-state index < -0.39 is 0 Å². The van der Waals surface area contributed by atoms with Crippen molar-refractivity contribution in [3.05, 3.63) is 0 Å². The van der Waals surface area contributed by atoms with Gasteiger partial charge < -0.3 is 18.9 Å². The van der Waals surface area contributed by atoms with E-state index in [-0.39, 0.29) is 0 Å². The number of ether oxygens (including phenoxy) is 4. The van der Waals surface area contributed by atoms with E-state index in [0.29, 0.717) is 24.4 Å². The third-order valence-corrected chi connectivity index (χ3v) is 5.16. The van der Waals surface area contributed by atoms with Crippen LogP contribution in [0.25, 0.3) is 0 Å².